The van der Waals surface area contributed by atoms with Gasteiger partial charge in [-0.25, -0.2) is 4.79 Å². The van der Waals surface area contributed by atoms with E-state index in [0.717, 1.165) is 10.2 Å². The van der Waals surface area contributed by atoms with E-state index in [0.29, 0.717) is 5.57 Å². The van der Waals surface area contributed by atoms with Crippen LogP contribution in [0.15, 0.2) is 11.3 Å². The summed E-state index contributed by atoms with van der Waals surface area (Å²) in [5.41, 5.74) is 2.31. The van der Waals surface area contributed by atoms with Gasteiger partial charge in [0.2, 0.25) is 0 Å². The van der Waals surface area contributed by atoms with Crippen LogP contribution in [0.1, 0.15) is 13.8 Å². The van der Waals surface area contributed by atoms with Crippen molar-refractivity contribution in [3.63, 3.8) is 0 Å². The summed E-state index contributed by atoms with van der Waals surface area (Å²) >= 11 is 0. The Bertz CT molecular complexity index is 138. The van der Waals surface area contributed by atoms with E-state index in [1.165, 1.54) is 0 Å². The Morgan fingerprint density at radius 3 is 2.11 bits per heavy atom. The molecule has 0 heterocycles. The van der Waals surface area contributed by atoms with Crippen molar-refractivity contribution in [1.29, 1.82) is 0 Å². The zero-order chi connectivity index (χ0) is 7.44. The van der Waals surface area contributed by atoms with E-state index < -0.39 is 5.97 Å². The lowest BCUT2D eigenvalue weighted by Crippen LogP contribution is -2.06. The highest BCUT2D eigenvalue weighted by molar-refractivity contribution is 6.19. The van der Waals surface area contributed by atoms with Gasteiger partial charge in [0.1, 0.15) is 0 Å². The third kappa shape index (κ3) is 2.46. The van der Waals surface area contributed by atoms with Crippen molar-refractivity contribution in [3.8, 4) is 0 Å². The first kappa shape index (κ1) is 8.43. The predicted molar refractivity (Wildman–Crippen MR) is 40.5 cm³/mol. The smallest absolute Gasteiger partial charge is 0.331 e. The van der Waals surface area contributed by atoms with Crippen LogP contribution in [0.25, 0.3) is 0 Å². The lowest BCUT2D eigenvalue weighted by molar-refractivity contribution is -0.133. The number of rotatable bonds is 2. The maximum atomic E-state index is 10.3. The quantitative estimate of drug-likeness (QED) is 0.437. The third-order valence-electron chi connectivity index (χ3n) is 1.18. The molecule has 2 nitrogen and oxygen atoms in total. The fourth-order valence-corrected chi connectivity index (χ4v) is 1.62. The minimum Gasteiger partial charge on any atom is -0.478 e. The monoisotopic (exact) mass is 144 g/mol. The first-order valence-electron chi connectivity index (χ1n) is 2.99. The molecule has 0 saturated heterocycles. The van der Waals surface area contributed by atoms with E-state index in [-0.39, 0.29) is 5.92 Å². The third-order valence-corrected chi connectivity index (χ3v) is 1.80. The maximum Gasteiger partial charge on any atom is 0.331 e. The second-order valence-corrected chi connectivity index (χ2v) is 2.78. The zero-order valence-electron chi connectivity index (χ0n) is 6.01. The van der Waals surface area contributed by atoms with Crippen LogP contribution in [0, 0.1) is 5.92 Å². The van der Waals surface area contributed by atoms with Crippen LogP contribution in [0.4, 0.5) is 0 Å². The molecule has 0 aliphatic heterocycles. The summed E-state index contributed by atoms with van der Waals surface area (Å²) in [5.74, 6) is -0.625. The first-order valence-corrected chi connectivity index (χ1v) is 4.14. The molecule has 0 aromatic carbocycles. The minimum atomic E-state index is -0.778. The molecule has 52 valence electrons. The van der Waals surface area contributed by atoms with E-state index in [1.54, 1.807) is 5.70 Å². The molecule has 0 fully saturated rings. The van der Waals surface area contributed by atoms with Gasteiger partial charge >= 0.3 is 5.97 Å². The lowest BCUT2D eigenvalue weighted by Gasteiger charge is -2.02. The van der Waals surface area contributed by atoms with Crippen molar-refractivity contribution in [3.05, 3.63) is 11.3 Å². The highest BCUT2D eigenvalue weighted by Gasteiger charge is 2.08. The number of aliphatic carboxylic acids is 1. The highest BCUT2D eigenvalue weighted by atomic mass is 28.1. The number of carbonyl (C=O) groups is 1. The predicted octanol–water partition coefficient (Wildman–Crippen LogP) is -0.0237. The van der Waals surface area contributed by atoms with Crippen LogP contribution in [-0.2, 0) is 4.79 Å². The van der Waals surface area contributed by atoms with Crippen LogP contribution < -0.4 is 0 Å². The molecule has 0 aliphatic carbocycles. The molecule has 0 atom stereocenters. The Kier molecular flexibility index (Phi) is 3.23. The fraction of sp³-hybridized carbons (Fsp3) is 0.500. The molecule has 0 aromatic heterocycles. The van der Waals surface area contributed by atoms with E-state index >= 15 is 0 Å². The van der Waals surface area contributed by atoms with Crippen LogP contribution in [-0.4, -0.2) is 21.3 Å². The molecule has 0 aromatic rings. The molecule has 0 radical (unpaired) electrons. The maximum absolute atomic E-state index is 10.3. The molecule has 1 N–H and O–H groups in total. The molecule has 0 rings (SSSR count). The molecule has 0 amide bonds. The van der Waals surface area contributed by atoms with Gasteiger partial charge in [0.05, 0.1) is 0 Å². The molecule has 3 heteroatoms. The van der Waals surface area contributed by atoms with Gasteiger partial charge in [0.15, 0.2) is 0 Å². The fourth-order valence-electron chi connectivity index (χ4n) is 0.704. The molecule has 0 spiro atoms. The van der Waals surface area contributed by atoms with E-state index in [1.807, 2.05) is 13.8 Å². The van der Waals surface area contributed by atoms with Crippen molar-refractivity contribution in [1.82, 2.24) is 0 Å². The van der Waals surface area contributed by atoms with Gasteiger partial charge in [-0.3, -0.25) is 0 Å². The summed E-state index contributed by atoms with van der Waals surface area (Å²) < 4.78 is 0. The molecule has 0 aliphatic rings. The molecular formula is C6H12O2Si. The second kappa shape index (κ2) is 3.45. The van der Waals surface area contributed by atoms with Crippen molar-refractivity contribution in [2.75, 3.05) is 0 Å². The Labute approximate surface area is 58.0 Å². The molecular weight excluding hydrogens is 132 g/mol. The Hall–Kier alpha value is -0.573. The van der Waals surface area contributed by atoms with Crippen LogP contribution in [0.2, 0.25) is 0 Å². The lowest BCUT2D eigenvalue weighted by atomic mass is 10.1. The summed E-state index contributed by atoms with van der Waals surface area (Å²) in [6, 6.07) is 0. The minimum absolute atomic E-state index is 0.153. The van der Waals surface area contributed by atoms with E-state index in [9.17, 15) is 4.79 Å². The van der Waals surface area contributed by atoms with Gasteiger partial charge in [-0.2, -0.15) is 0 Å². The van der Waals surface area contributed by atoms with Gasteiger partial charge < -0.3 is 5.11 Å². The van der Waals surface area contributed by atoms with Gasteiger partial charge in [-0.15, -0.1) is 0 Å². The van der Waals surface area contributed by atoms with Gasteiger partial charge in [-0.1, -0.05) is 19.5 Å². The molecule has 0 unspecified atom stereocenters. The van der Waals surface area contributed by atoms with Gasteiger partial charge in [0.25, 0.3) is 0 Å². The SMILES string of the molecule is CC(C)C(=C[SiH3])C(=O)O. The van der Waals surface area contributed by atoms with E-state index in [4.69, 9.17) is 5.11 Å². The van der Waals surface area contributed by atoms with Gasteiger partial charge in [0, 0.05) is 15.8 Å². The summed E-state index contributed by atoms with van der Waals surface area (Å²) in [7, 11) is 0.825. The van der Waals surface area contributed by atoms with E-state index in [2.05, 4.69) is 0 Å². The van der Waals surface area contributed by atoms with Crippen molar-refractivity contribution < 1.29 is 9.90 Å². The molecule has 0 saturated carbocycles. The number of hydrogen-bond donors (Lipinski definition) is 1. The normalized spacial score (nSPS) is 12.6. The average molecular weight is 144 g/mol. The van der Waals surface area contributed by atoms with Crippen molar-refractivity contribution in [2.24, 2.45) is 5.92 Å². The highest BCUT2D eigenvalue weighted by Crippen LogP contribution is 2.07. The summed E-state index contributed by atoms with van der Waals surface area (Å²) in [5, 5.41) is 8.50. The second-order valence-electron chi connectivity index (χ2n) is 2.20. The Balaban J connectivity index is 4.19. The Morgan fingerprint density at radius 2 is 2.11 bits per heavy atom. The Morgan fingerprint density at radius 1 is 1.67 bits per heavy atom. The average Bonchev–Trinajstić information content (AvgIpc) is 1.64. The van der Waals surface area contributed by atoms with Gasteiger partial charge in [-0.05, 0) is 5.92 Å². The van der Waals surface area contributed by atoms with Crippen LogP contribution in [0.5, 0.6) is 0 Å². The van der Waals surface area contributed by atoms with Crippen LogP contribution in [0.3, 0.4) is 0 Å². The standard InChI is InChI=1S/C6H12O2Si/c1-4(2)5(3-9)6(7)8/h3-4H,1-2,9H3,(H,7,8). The van der Waals surface area contributed by atoms with Crippen molar-refractivity contribution in [2.45, 2.75) is 13.8 Å². The topological polar surface area (TPSA) is 37.3 Å². The molecule has 9 heavy (non-hydrogen) atoms. The van der Waals surface area contributed by atoms with Crippen LogP contribution >= 0.6 is 0 Å². The molecule has 0 bridgehead atoms. The number of carboxylic acids is 1. The zero-order valence-corrected chi connectivity index (χ0v) is 8.01. The van der Waals surface area contributed by atoms with Crippen molar-refractivity contribution >= 4 is 16.2 Å². The number of hydrogen-bond acceptors (Lipinski definition) is 1. The summed E-state index contributed by atoms with van der Waals surface area (Å²) in [6.45, 7) is 3.77. The number of carboxylic acid groups (broad SMARTS) is 1. The largest absolute Gasteiger partial charge is 0.478 e. The first-order chi connectivity index (χ1) is 4.09. The summed E-state index contributed by atoms with van der Waals surface area (Å²) in [6.07, 6.45) is 0. The summed E-state index contributed by atoms with van der Waals surface area (Å²) in [4.78, 5) is 10.3.